The molecule has 0 saturated carbocycles. The molecule has 1 rings (SSSR count). The predicted molar refractivity (Wildman–Crippen MR) is 57.7 cm³/mol. The summed E-state index contributed by atoms with van der Waals surface area (Å²) in [6.07, 6.45) is 0.291. The second-order valence-electron chi connectivity index (χ2n) is 2.47. The standard InChI is InChI=1S/C9H8Br2O2/c1-13-9(5-12)6-2-3-7(10)8(11)4-6/h2-5,9H,1H3. The molecule has 0 aliphatic carbocycles. The summed E-state index contributed by atoms with van der Waals surface area (Å²) in [6.45, 7) is 0. The first-order chi connectivity index (χ1) is 6.19. The van der Waals surface area contributed by atoms with Crippen LogP contribution < -0.4 is 0 Å². The van der Waals surface area contributed by atoms with Gasteiger partial charge >= 0.3 is 0 Å². The van der Waals surface area contributed by atoms with Gasteiger partial charge in [-0.1, -0.05) is 6.07 Å². The quantitative estimate of drug-likeness (QED) is 0.802. The van der Waals surface area contributed by atoms with E-state index < -0.39 is 6.10 Å². The topological polar surface area (TPSA) is 26.3 Å². The highest BCUT2D eigenvalue weighted by Crippen LogP contribution is 2.26. The monoisotopic (exact) mass is 306 g/mol. The van der Waals surface area contributed by atoms with E-state index in [1.807, 2.05) is 18.2 Å². The zero-order valence-corrected chi connectivity index (χ0v) is 10.1. The zero-order valence-electron chi connectivity index (χ0n) is 6.96. The second kappa shape index (κ2) is 4.88. The first-order valence-corrected chi connectivity index (χ1v) is 5.20. The van der Waals surface area contributed by atoms with Crippen molar-refractivity contribution in [1.82, 2.24) is 0 Å². The van der Waals surface area contributed by atoms with Crippen molar-refractivity contribution in [3.05, 3.63) is 32.7 Å². The Morgan fingerprint density at radius 1 is 1.38 bits per heavy atom. The van der Waals surface area contributed by atoms with Crippen LogP contribution in [-0.4, -0.2) is 13.4 Å². The normalized spacial score (nSPS) is 12.5. The van der Waals surface area contributed by atoms with E-state index in [1.165, 1.54) is 7.11 Å². The third kappa shape index (κ3) is 2.62. The third-order valence-corrected chi connectivity index (χ3v) is 3.53. The summed E-state index contributed by atoms with van der Waals surface area (Å²) in [6, 6.07) is 5.57. The Labute approximate surface area is 93.5 Å². The van der Waals surface area contributed by atoms with E-state index in [9.17, 15) is 4.79 Å². The number of methoxy groups -OCH3 is 1. The molecule has 1 unspecified atom stereocenters. The van der Waals surface area contributed by atoms with Crippen molar-refractivity contribution < 1.29 is 9.53 Å². The van der Waals surface area contributed by atoms with Gasteiger partial charge in [0.2, 0.25) is 0 Å². The van der Waals surface area contributed by atoms with Gasteiger partial charge in [0.25, 0.3) is 0 Å². The minimum absolute atomic E-state index is 0.482. The lowest BCUT2D eigenvalue weighted by atomic mass is 10.1. The van der Waals surface area contributed by atoms with Crippen LogP contribution in [0.1, 0.15) is 11.7 Å². The highest BCUT2D eigenvalue weighted by molar-refractivity contribution is 9.13. The molecular formula is C9H8Br2O2. The summed E-state index contributed by atoms with van der Waals surface area (Å²) in [5.74, 6) is 0. The molecule has 1 aromatic rings. The minimum atomic E-state index is -0.482. The first kappa shape index (κ1) is 10.9. The molecule has 1 atom stereocenters. The van der Waals surface area contributed by atoms with Gasteiger partial charge in [0.05, 0.1) is 0 Å². The maximum absolute atomic E-state index is 10.6. The second-order valence-corrected chi connectivity index (χ2v) is 4.17. The van der Waals surface area contributed by atoms with Gasteiger partial charge in [-0.05, 0) is 49.6 Å². The van der Waals surface area contributed by atoms with Crippen LogP contribution in [0.4, 0.5) is 0 Å². The average molecular weight is 308 g/mol. The highest BCUT2D eigenvalue weighted by Gasteiger charge is 2.09. The Balaban J connectivity index is 3.01. The number of hydrogen-bond donors (Lipinski definition) is 0. The molecule has 0 saturated heterocycles. The zero-order chi connectivity index (χ0) is 9.84. The molecule has 0 spiro atoms. The van der Waals surface area contributed by atoms with Crippen LogP contribution in [0.2, 0.25) is 0 Å². The van der Waals surface area contributed by atoms with E-state index in [1.54, 1.807) is 0 Å². The molecule has 0 aliphatic heterocycles. The SMILES string of the molecule is COC(C=O)c1ccc(Br)c(Br)c1. The van der Waals surface area contributed by atoms with E-state index in [-0.39, 0.29) is 0 Å². The Bertz CT molecular complexity index is 312. The first-order valence-electron chi connectivity index (χ1n) is 3.62. The minimum Gasteiger partial charge on any atom is -0.369 e. The van der Waals surface area contributed by atoms with Crippen LogP contribution in [0.3, 0.4) is 0 Å². The Morgan fingerprint density at radius 3 is 2.54 bits per heavy atom. The maximum atomic E-state index is 10.6. The van der Waals surface area contributed by atoms with Gasteiger partial charge in [0.15, 0.2) is 6.29 Å². The van der Waals surface area contributed by atoms with Gasteiger partial charge in [-0.3, -0.25) is 0 Å². The predicted octanol–water partition coefficient (Wildman–Crippen LogP) is 3.10. The van der Waals surface area contributed by atoms with Gasteiger partial charge in [-0.15, -0.1) is 0 Å². The van der Waals surface area contributed by atoms with Crippen LogP contribution in [0, 0.1) is 0 Å². The number of carbonyl (C=O) groups excluding carboxylic acids is 1. The van der Waals surface area contributed by atoms with Crippen LogP contribution in [-0.2, 0) is 9.53 Å². The summed E-state index contributed by atoms with van der Waals surface area (Å²) in [5.41, 5.74) is 0.840. The van der Waals surface area contributed by atoms with Crippen molar-refractivity contribution in [2.75, 3.05) is 7.11 Å². The molecule has 0 aliphatic rings. The van der Waals surface area contributed by atoms with Crippen molar-refractivity contribution >= 4 is 38.1 Å². The van der Waals surface area contributed by atoms with Crippen molar-refractivity contribution in [1.29, 1.82) is 0 Å². The number of halogens is 2. The summed E-state index contributed by atoms with van der Waals surface area (Å²) in [5, 5.41) is 0. The average Bonchev–Trinajstić information content (AvgIpc) is 2.13. The fourth-order valence-corrected chi connectivity index (χ4v) is 1.60. The lowest BCUT2D eigenvalue weighted by Gasteiger charge is -2.09. The number of rotatable bonds is 3. The number of carbonyl (C=O) groups is 1. The summed E-state index contributed by atoms with van der Waals surface area (Å²) in [7, 11) is 1.51. The summed E-state index contributed by atoms with van der Waals surface area (Å²) < 4.78 is 6.84. The molecule has 0 radical (unpaired) electrons. The van der Waals surface area contributed by atoms with Crippen LogP contribution in [0.25, 0.3) is 0 Å². The van der Waals surface area contributed by atoms with E-state index in [4.69, 9.17) is 4.74 Å². The van der Waals surface area contributed by atoms with Crippen LogP contribution in [0.15, 0.2) is 27.1 Å². The van der Waals surface area contributed by atoms with Gasteiger partial charge < -0.3 is 9.53 Å². The largest absolute Gasteiger partial charge is 0.369 e. The lowest BCUT2D eigenvalue weighted by Crippen LogP contribution is -2.02. The van der Waals surface area contributed by atoms with E-state index in [2.05, 4.69) is 31.9 Å². The maximum Gasteiger partial charge on any atom is 0.153 e. The van der Waals surface area contributed by atoms with E-state index in [0.717, 1.165) is 20.8 Å². The van der Waals surface area contributed by atoms with Crippen molar-refractivity contribution in [3.63, 3.8) is 0 Å². The molecule has 0 heterocycles. The van der Waals surface area contributed by atoms with Crippen LogP contribution >= 0.6 is 31.9 Å². The number of ether oxygens (including phenoxy) is 1. The van der Waals surface area contributed by atoms with Gasteiger partial charge in [0.1, 0.15) is 6.10 Å². The van der Waals surface area contributed by atoms with Crippen molar-refractivity contribution in [2.24, 2.45) is 0 Å². The summed E-state index contributed by atoms with van der Waals surface area (Å²) >= 11 is 6.70. The molecule has 1 aromatic carbocycles. The molecule has 0 N–H and O–H groups in total. The van der Waals surface area contributed by atoms with Crippen molar-refractivity contribution in [2.45, 2.75) is 6.10 Å². The molecule has 2 nitrogen and oxygen atoms in total. The van der Waals surface area contributed by atoms with Gasteiger partial charge in [0, 0.05) is 16.1 Å². The molecular weight excluding hydrogens is 300 g/mol. The highest BCUT2D eigenvalue weighted by atomic mass is 79.9. The molecule has 13 heavy (non-hydrogen) atoms. The fraction of sp³-hybridized carbons (Fsp3) is 0.222. The Morgan fingerprint density at radius 2 is 2.08 bits per heavy atom. The fourth-order valence-electron chi connectivity index (χ4n) is 0.960. The molecule has 0 fully saturated rings. The molecule has 0 bridgehead atoms. The number of hydrogen-bond acceptors (Lipinski definition) is 2. The smallest absolute Gasteiger partial charge is 0.153 e. The van der Waals surface area contributed by atoms with Crippen molar-refractivity contribution in [3.8, 4) is 0 Å². The van der Waals surface area contributed by atoms with Crippen LogP contribution in [0.5, 0.6) is 0 Å². The summed E-state index contributed by atoms with van der Waals surface area (Å²) in [4.78, 5) is 10.6. The Kier molecular flexibility index (Phi) is 4.09. The van der Waals surface area contributed by atoms with E-state index in [0.29, 0.717) is 0 Å². The van der Waals surface area contributed by atoms with Gasteiger partial charge in [-0.2, -0.15) is 0 Å². The number of aldehydes is 1. The van der Waals surface area contributed by atoms with E-state index >= 15 is 0 Å². The number of benzene rings is 1. The Hall–Kier alpha value is -0.190. The molecule has 4 heteroatoms. The molecule has 0 amide bonds. The third-order valence-electron chi connectivity index (χ3n) is 1.65. The molecule has 0 aromatic heterocycles. The molecule has 70 valence electrons. The van der Waals surface area contributed by atoms with Gasteiger partial charge in [-0.25, -0.2) is 0 Å². The lowest BCUT2D eigenvalue weighted by molar-refractivity contribution is -0.116.